The molecular weight excluding hydrogens is 386 g/mol. The molecule has 0 bridgehead atoms. The molecule has 2 aliphatic rings. The Morgan fingerprint density at radius 2 is 1.97 bits per heavy atom. The van der Waals surface area contributed by atoms with Crippen LogP contribution in [0.4, 0.5) is 5.69 Å². The van der Waals surface area contributed by atoms with Crippen LogP contribution in [-0.2, 0) is 16.8 Å². The fraction of sp³-hybridized carbons (Fsp3) is 0.400. The Morgan fingerprint density at radius 1 is 1.10 bits per heavy atom. The molecule has 0 radical (unpaired) electrons. The molecule has 3 aromatic heterocycles. The molecule has 1 spiro atoms. The number of fused-ring (bicyclic) bond motifs is 4. The van der Waals surface area contributed by atoms with Gasteiger partial charge in [0.05, 0.1) is 17.8 Å². The molecule has 1 saturated heterocycles. The molecule has 0 aliphatic carbocycles. The number of nitrogens with zero attached hydrogens (tertiary/aromatic N) is 5. The number of anilines is 1. The van der Waals surface area contributed by atoms with Gasteiger partial charge in [-0.3, -0.25) is 9.78 Å². The largest absolute Gasteiger partial charge is 0.355 e. The minimum atomic E-state index is -0.228. The highest BCUT2D eigenvalue weighted by molar-refractivity contribution is 5.79. The van der Waals surface area contributed by atoms with E-state index in [1.54, 1.807) is 6.20 Å². The van der Waals surface area contributed by atoms with Crippen LogP contribution >= 0.6 is 0 Å². The van der Waals surface area contributed by atoms with Crippen molar-refractivity contribution in [1.29, 1.82) is 0 Å². The minimum Gasteiger partial charge on any atom is -0.355 e. The van der Waals surface area contributed by atoms with E-state index in [0.717, 1.165) is 43.1 Å². The fourth-order valence-corrected chi connectivity index (χ4v) is 5.03. The van der Waals surface area contributed by atoms with Crippen LogP contribution in [-0.4, -0.2) is 45.0 Å². The number of likely N-dealkylation sites (tertiary alicyclic amines) is 1. The number of amides is 1. The third-order valence-electron chi connectivity index (χ3n) is 6.62. The van der Waals surface area contributed by atoms with Crippen molar-refractivity contribution in [2.24, 2.45) is 5.92 Å². The van der Waals surface area contributed by atoms with Crippen molar-refractivity contribution >= 4 is 11.6 Å². The van der Waals surface area contributed by atoms with Crippen LogP contribution in [0.3, 0.4) is 0 Å². The van der Waals surface area contributed by atoms with E-state index in [9.17, 15) is 4.79 Å². The highest BCUT2D eigenvalue weighted by Crippen LogP contribution is 2.47. The molecule has 3 aromatic rings. The molecule has 6 heteroatoms. The van der Waals surface area contributed by atoms with Gasteiger partial charge in [0.15, 0.2) is 5.82 Å². The summed E-state index contributed by atoms with van der Waals surface area (Å²) in [6.45, 7) is 6.92. The van der Waals surface area contributed by atoms with Gasteiger partial charge in [0.1, 0.15) is 5.54 Å². The number of carbonyl (C=O) groups is 1. The molecule has 1 atom stereocenters. The van der Waals surface area contributed by atoms with Gasteiger partial charge in [-0.2, -0.15) is 0 Å². The molecule has 2 aliphatic heterocycles. The molecular formula is C25H29N5O. The molecule has 0 saturated carbocycles. The van der Waals surface area contributed by atoms with Crippen LogP contribution in [0, 0.1) is 5.92 Å². The van der Waals surface area contributed by atoms with E-state index in [-0.39, 0.29) is 11.4 Å². The Bertz CT molecular complexity index is 1080. The van der Waals surface area contributed by atoms with Gasteiger partial charge in [-0.25, -0.2) is 4.98 Å². The standard InChI is InChI=1S/C25H29N5O/c1-19(2)10-15-30-21-8-5-13-27-24(21)29-14-6-9-22(29)25(30)11-16-28(18-25)23(31)17-20-7-3-4-12-26-20/h3-9,12-14,19H,10-11,15-18H2,1-2H3/t25-/m1/s1. The summed E-state index contributed by atoms with van der Waals surface area (Å²) in [6.07, 6.45) is 8.07. The lowest BCUT2D eigenvalue weighted by molar-refractivity contribution is -0.129. The van der Waals surface area contributed by atoms with Gasteiger partial charge in [-0.15, -0.1) is 0 Å². The molecule has 0 N–H and O–H groups in total. The van der Waals surface area contributed by atoms with Gasteiger partial charge in [-0.1, -0.05) is 19.9 Å². The quantitative estimate of drug-likeness (QED) is 0.636. The number of hydrogen-bond acceptors (Lipinski definition) is 4. The Hall–Kier alpha value is -3.15. The second-order valence-corrected chi connectivity index (χ2v) is 9.04. The lowest BCUT2D eigenvalue weighted by Crippen LogP contribution is -2.53. The van der Waals surface area contributed by atoms with Crippen LogP contribution in [0.15, 0.2) is 61.1 Å². The smallest absolute Gasteiger partial charge is 0.228 e. The highest BCUT2D eigenvalue weighted by Gasteiger charge is 2.50. The molecule has 1 fully saturated rings. The fourth-order valence-electron chi connectivity index (χ4n) is 5.03. The van der Waals surface area contributed by atoms with E-state index in [1.807, 2.05) is 35.4 Å². The van der Waals surface area contributed by atoms with Crippen LogP contribution < -0.4 is 4.90 Å². The summed E-state index contributed by atoms with van der Waals surface area (Å²) >= 11 is 0. The van der Waals surface area contributed by atoms with Crippen LogP contribution in [0.2, 0.25) is 0 Å². The van der Waals surface area contributed by atoms with E-state index < -0.39 is 0 Å². The maximum absolute atomic E-state index is 13.2. The van der Waals surface area contributed by atoms with Crippen molar-refractivity contribution in [1.82, 2.24) is 19.4 Å². The Morgan fingerprint density at radius 3 is 2.77 bits per heavy atom. The topological polar surface area (TPSA) is 54.3 Å². The van der Waals surface area contributed by atoms with Crippen LogP contribution in [0.25, 0.3) is 5.82 Å². The number of pyridine rings is 2. The SMILES string of the molecule is CC(C)CCN1c2cccnc2-n2cccc2[C@]12CCN(C(=O)Cc1ccccn1)C2. The summed E-state index contributed by atoms with van der Waals surface area (Å²) in [5, 5.41) is 0. The molecule has 0 aromatic carbocycles. The van der Waals surface area contributed by atoms with Gasteiger partial charge in [-0.05, 0) is 55.2 Å². The summed E-state index contributed by atoms with van der Waals surface area (Å²) < 4.78 is 2.22. The summed E-state index contributed by atoms with van der Waals surface area (Å²) in [4.78, 5) is 26.8. The predicted molar refractivity (Wildman–Crippen MR) is 121 cm³/mol. The third kappa shape index (κ3) is 3.40. The van der Waals surface area contributed by atoms with Crippen LogP contribution in [0.1, 0.15) is 38.1 Å². The van der Waals surface area contributed by atoms with E-state index in [4.69, 9.17) is 4.98 Å². The number of rotatable bonds is 5. The Kier molecular flexibility index (Phi) is 5.00. The second kappa shape index (κ2) is 7.84. The average Bonchev–Trinajstić information content (AvgIpc) is 3.43. The summed E-state index contributed by atoms with van der Waals surface area (Å²) in [5.41, 5.74) is 2.99. The zero-order valence-electron chi connectivity index (χ0n) is 18.2. The van der Waals surface area contributed by atoms with E-state index in [2.05, 4.69) is 52.7 Å². The lowest BCUT2D eigenvalue weighted by atomic mass is 9.88. The van der Waals surface area contributed by atoms with Crippen molar-refractivity contribution in [2.45, 2.75) is 38.6 Å². The molecule has 5 rings (SSSR count). The van der Waals surface area contributed by atoms with Crippen LogP contribution in [0.5, 0.6) is 0 Å². The summed E-state index contributed by atoms with van der Waals surface area (Å²) in [7, 11) is 0. The van der Waals surface area contributed by atoms with Gasteiger partial charge in [0, 0.05) is 43.9 Å². The monoisotopic (exact) mass is 415 g/mol. The van der Waals surface area contributed by atoms with Crippen molar-refractivity contribution in [3.05, 3.63) is 72.4 Å². The maximum atomic E-state index is 13.2. The van der Waals surface area contributed by atoms with E-state index >= 15 is 0 Å². The third-order valence-corrected chi connectivity index (χ3v) is 6.62. The average molecular weight is 416 g/mol. The first-order valence-electron chi connectivity index (χ1n) is 11.2. The van der Waals surface area contributed by atoms with Gasteiger partial charge < -0.3 is 14.4 Å². The highest BCUT2D eigenvalue weighted by atomic mass is 16.2. The van der Waals surface area contributed by atoms with Crippen molar-refractivity contribution in [3.8, 4) is 5.82 Å². The molecule has 0 unspecified atom stereocenters. The summed E-state index contributed by atoms with van der Waals surface area (Å²) in [5.74, 6) is 1.73. The molecule has 1 amide bonds. The van der Waals surface area contributed by atoms with E-state index in [1.165, 1.54) is 5.69 Å². The van der Waals surface area contributed by atoms with E-state index in [0.29, 0.717) is 18.9 Å². The molecule has 6 nitrogen and oxygen atoms in total. The van der Waals surface area contributed by atoms with Crippen molar-refractivity contribution in [2.75, 3.05) is 24.5 Å². The Labute approximate surface area is 183 Å². The first-order valence-corrected chi connectivity index (χ1v) is 11.2. The van der Waals surface area contributed by atoms with Crippen molar-refractivity contribution in [3.63, 3.8) is 0 Å². The molecule has 5 heterocycles. The summed E-state index contributed by atoms with van der Waals surface area (Å²) in [6, 6.07) is 14.2. The lowest BCUT2D eigenvalue weighted by Gasteiger charge is -2.47. The molecule has 31 heavy (non-hydrogen) atoms. The zero-order chi connectivity index (χ0) is 21.4. The normalized spacial score (nSPS) is 19.7. The number of aromatic nitrogens is 3. The first-order chi connectivity index (χ1) is 15.1. The Balaban J connectivity index is 1.50. The molecule has 160 valence electrons. The van der Waals surface area contributed by atoms with Crippen molar-refractivity contribution < 1.29 is 4.79 Å². The van der Waals surface area contributed by atoms with Gasteiger partial charge in [0.2, 0.25) is 5.91 Å². The number of carbonyl (C=O) groups excluding carboxylic acids is 1. The van der Waals surface area contributed by atoms with Gasteiger partial charge in [0.25, 0.3) is 0 Å². The first kappa shape index (κ1) is 19.8. The zero-order valence-corrected chi connectivity index (χ0v) is 18.2. The predicted octanol–water partition coefficient (Wildman–Crippen LogP) is 3.80. The second-order valence-electron chi connectivity index (χ2n) is 9.04. The number of hydrogen-bond donors (Lipinski definition) is 0. The maximum Gasteiger partial charge on any atom is 0.228 e. The minimum absolute atomic E-state index is 0.148. The van der Waals surface area contributed by atoms with Gasteiger partial charge >= 0.3 is 0 Å².